The van der Waals surface area contributed by atoms with Gasteiger partial charge in [-0.1, -0.05) is 35.3 Å². The van der Waals surface area contributed by atoms with Crippen LogP contribution in [-0.2, 0) is 6.42 Å². The SMILES string of the molecule is COc1ccc(C(O)Cc2ccc(Cl)c(Cl)c2)c(C)c1. The van der Waals surface area contributed by atoms with Gasteiger partial charge in [-0.15, -0.1) is 0 Å². The minimum absolute atomic E-state index is 0.490. The van der Waals surface area contributed by atoms with Gasteiger partial charge in [0.25, 0.3) is 0 Å². The zero-order valence-corrected chi connectivity index (χ0v) is 12.9. The topological polar surface area (TPSA) is 29.5 Å². The average Bonchev–Trinajstić information content (AvgIpc) is 2.42. The van der Waals surface area contributed by atoms with E-state index in [1.54, 1.807) is 19.2 Å². The first-order chi connectivity index (χ1) is 9.51. The number of methoxy groups -OCH3 is 1. The molecule has 2 aromatic carbocycles. The highest BCUT2D eigenvalue weighted by molar-refractivity contribution is 6.42. The number of rotatable bonds is 4. The van der Waals surface area contributed by atoms with Crippen LogP contribution in [0.15, 0.2) is 36.4 Å². The van der Waals surface area contributed by atoms with Crippen molar-refractivity contribution >= 4 is 23.2 Å². The monoisotopic (exact) mass is 310 g/mol. The molecule has 2 rings (SSSR count). The van der Waals surface area contributed by atoms with Gasteiger partial charge in [0.2, 0.25) is 0 Å². The molecule has 2 nitrogen and oxygen atoms in total. The largest absolute Gasteiger partial charge is 0.497 e. The van der Waals surface area contributed by atoms with Gasteiger partial charge in [0.05, 0.1) is 23.3 Å². The summed E-state index contributed by atoms with van der Waals surface area (Å²) in [5.74, 6) is 0.785. The van der Waals surface area contributed by atoms with E-state index in [-0.39, 0.29) is 0 Å². The summed E-state index contributed by atoms with van der Waals surface area (Å²) in [6, 6.07) is 11.0. The minimum atomic E-state index is -0.585. The van der Waals surface area contributed by atoms with E-state index < -0.39 is 6.10 Å². The second-order valence-electron chi connectivity index (χ2n) is 4.69. The van der Waals surface area contributed by atoms with Gasteiger partial charge in [-0.25, -0.2) is 0 Å². The summed E-state index contributed by atoms with van der Waals surface area (Å²) in [6.45, 7) is 1.95. The summed E-state index contributed by atoms with van der Waals surface area (Å²) in [5, 5.41) is 11.4. The summed E-state index contributed by atoms with van der Waals surface area (Å²) in [4.78, 5) is 0. The Morgan fingerprint density at radius 1 is 1.10 bits per heavy atom. The summed E-state index contributed by atoms with van der Waals surface area (Å²) in [5.41, 5.74) is 2.83. The molecule has 0 aromatic heterocycles. The first-order valence-corrected chi connectivity index (χ1v) is 7.03. The quantitative estimate of drug-likeness (QED) is 0.895. The van der Waals surface area contributed by atoms with Gasteiger partial charge in [-0.05, 0) is 47.9 Å². The lowest BCUT2D eigenvalue weighted by Gasteiger charge is -2.15. The smallest absolute Gasteiger partial charge is 0.119 e. The third kappa shape index (κ3) is 3.45. The molecule has 0 saturated carbocycles. The predicted molar refractivity (Wildman–Crippen MR) is 82.9 cm³/mol. The van der Waals surface area contributed by atoms with Gasteiger partial charge in [0.1, 0.15) is 5.75 Å². The molecule has 1 atom stereocenters. The molecule has 4 heteroatoms. The number of hydrogen-bond acceptors (Lipinski definition) is 2. The predicted octanol–water partition coefficient (Wildman–Crippen LogP) is 4.59. The van der Waals surface area contributed by atoms with Crippen LogP contribution in [0, 0.1) is 6.92 Å². The summed E-state index contributed by atoms with van der Waals surface area (Å²) in [7, 11) is 1.63. The van der Waals surface area contributed by atoms with Gasteiger partial charge in [0, 0.05) is 6.42 Å². The Morgan fingerprint density at radius 2 is 1.85 bits per heavy atom. The Balaban J connectivity index is 2.19. The first-order valence-electron chi connectivity index (χ1n) is 6.28. The maximum atomic E-state index is 10.4. The number of aryl methyl sites for hydroxylation is 1. The van der Waals surface area contributed by atoms with Gasteiger partial charge in [-0.3, -0.25) is 0 Å². The summed E-state index contributed by atoms with van der Waals surface area (Å²) in [6.07, 6.45) is -0.0949. The molecule has 1 unspecified atom stereocenters. The Hall–Kier alpha value is -1.22. The fourth-order valence-electron chi connectivity index (χ4n) is 2.15. The molecule has 0 heterocycles. The van der Waals surface area contributed by atoms with Crippen LogP contribution in [0.2, 0.25) is 10.0 Å². The van der Waals surface area contributed by atoms with E-state index in [0.717, 1.165) is 22.4 Å². The van der Waals surface area contributed by atoms with Crippen molar-refractivity contribution in [1.29, 1.82) is 0 Å². The Morgan fingerprint density at radius 3 is 2.45 bits per heavy atom. The molecule has 2 aromatic rings. The van der Waals surface area contributed by atoms with E-state index in [0.29, 0.717) is 16.5 Å². The standard InChI is InChI=1S/C16H16Cl2O2/c1-10-7-12(20-2)4-5-13(10)16(19)9-11-3-6-14(17)15(18)8-11/h3-8,16,19H,9H2,1-2H3. The van der Waals surface area contributed by atoms with Gasteiger partial charge in [-0.2, -0.15) is 0 Å². The minimum Gasteiger partial charge on any atom is -0.497 e. The molecule has 0 aliphatic heterocycles. The molecule has 0 saturated heterocycles. The van der Waals surface area contributed by atoms with E-state index >= 15 is 0 Å². The van der Waals surface area contributed by atoms with Crippen molar-refractivity contribution in [3.05, 3.63) is 63.1 Å². The van der Waals surface area contributed by atoms with Crippen LogP contribution in [0.25, 0.3) is 0 Å². The van der Waals surface area contributed by atoms with Crippen LogP contribution in [0.5, 0.6) is 5.75 Å². The average molecular weight is 311 g/mol. The van der Waals surface area contributed by atoms with Crippen molar-refractivity contribution < 1.29 is 9.84 Å². The number of aliphatic hydroxyl groups is 1. The number of aliphatic hydroxyl groups excluding tert-OH is 1. The molecular formula is C16H16Cl2O2. The fraction of sp³-hybridized carbons (Fsp3) is 0.250. The Bertz CT molecular complexity index is 611. The van der Waals surface area contributed by atoms with Crippen molar-refractivity contribution in [3.63, 3.8) is 0 Å². The van der Waals surface area contributed by atoms with Crippen molar-refractivity contribution in [3.8, 4) is 5.75 Å². The molecule has 0 fully saturated rings. The third-order valence-corrected chi connectivity index (χ3v) is 3.99. The van der Waals surface area contributed by atoms with Gasteiger partial charge < -0.3 is 9.84 Å². The van der Waals surface area contributed by atoms with Crippen LogP contribution in [0.1, 0.15) is 22.8 Å². The molecule has 20 heavy (non-hydrogen) atoms. The van der Waals surface area contributed by atoms with E-state index in [1.807, 2.05) is 31.2 Å². The molecule has 0 spiro atoms. The second kappa shape index (κ2) is 6.49. The summed E-state index contributed by atoms with van der Waals surface area (Å²) >= 11 is 11.9. The van der Waals surface area contributed by atoms with Crippen molar-refractivity contribution in [2.45, 2.75) is 19.4 Å². The van der Waals surface area contributed by atoms with Crippen LogP contribution in [-0.4, -0.2) is 12.2 Å². The number of benzene rings is 2. The highest BCUT2D eigenvalue weighted by Gasteiger charge is 2.12. The lowest BCUT2D eigenvalue weighted by molar-refractivity contribution is 0.177. The van der Waals surface area contributed by atoms with Gasteiger partial charge >= 0.3 is 0 Å². The van der Waals surface area contributed by atoms with Crippen LogP contribution >= 0.6 is 23.2 Å². The lowest BCUT2D eigenvalue weighted by atomic mass is 9.97. The second-order valence-corrected chi connectivity index (χ2v) is 5.51. The highest BCUT2D eigenvalue weighted by atomic mass is 35.5. The van der Waals surface area contributed by atoms with E-state index in [4.69, 9.17) is 27.9 Å². The molecule has 1 N–H and O–H groups in total. The van der Waals surface area contributed by atoms with Gasteiger partial charge in [0.15, 0.2) is 0 Å². The van der Waals surface area contributed by atoms with Crippen molar-refractivity contribution in [1.82, 2.24) is 0 Å². The number of hydrogen-bond donors (Lipinski definition) is 1. The number of halogens is 2. The molecule has 106 valence electrons. The van der Waals surface area contributed by atoms with Crippen molar-refractivity contribution in [2.24, 2.45) is 0 Å². The van der Waals surface area contributed by atoms with Crippen molar-refractivity contribution in [2.75, 3.05) is 7.11 Å². The van der Waals surface area contributed by atoms with Crippen LogP contribution in [0.4, 0.5) is 0 Å². The number of ether oxygens (including phenoxy) is 1. The van der Waals surface area contributed by atoms with E-state index in [9.17, 15) is 5.11 Å². The molecule has 0 radical (unpaired) electrons. The van der Waals surface area contributed by atoms with E-state index in [1.165, 1.54) is 0 Å². The zero-order chi connectivity index (χ0) is 14.7. The Kier molecular flexibility index (Phi) is 4.92. The molecule has 0 aliphatic rings. The third-order valence-electron chi connectivity index (χ3n) is 3.25. The van der Waals surface area contributed by atoms with Crippen LogP contribution in [0.3, 0.4) is 0 Å². The first kappa shape index (κ1) is 15.2. The maximum absolute atomic E-state index is 10.4. The molecular weight excluding hydrogens is 295 g/mol. The van der Waals surface area contributed by atoms with E-state index in [2.05, 4.69) is 0 Å². The van der Waals surface area contributed by atoms with Crippen LogP contribution < -0.4 is 4.74 Å². The summed E-state index contributed by atoms with van der Waals surface area (Å²) < 4.78 is 5.16. The molecule has 0 bridgehead atoms. The zero-order valence-electron chi connectivity index (χ0n) is 11.4. The highest BCUT2D eigenvalue weighted by Crippen LogP contribution is 2.28. The lowest BCUT2D eigenvalue weighted by Crippen LogP contribution is -2.04. The normalized spacial score (nSPS) is 12.2. The molecule has 0 aliphatic carbocycles. The fourth-order valence-corrected chi connectivity index (χ4v) is 2.47. The maximum Gasteiger partial charge on any atom is 0.119 e. The Labute approximate surface area is 128 Å². The molecule has 0 amide bonds.